The van der Waals surface area contributed by atoms with Crippen molar-refractivity contribution < 1.29 is 70.9 Å². The lowest BCUT2D eigenvalue weighted by molar-refractivity contribution is -0.123. The van der Waals surface area contributed by atoms with Crippen molar-refractivity contribution in [3.8, 4) is 0 Å². The summed E-state index contributed by atoms with van der Waals surface area (Å²) < 4.78 is 2.06. The molecule has 2 amide bonds. The number of hydrogen-bond acceptors (Lipinski definition) is 14. The first-order valence-corrected chi connectivity index (χ1v) is 22.0. The van der Waals surface area contributed by atoms with Crippen LogP contribution in [-0.4, -0.2) is 150 Å². The predicted octanol–water partition coefficient (Wildman–Crippen LogP) is -0.00210. The van der Waals surface area contributed by atoms with Crippen LogP contribution in [0.1, 0.15) is 52.3 Å². The van der Waals surface area contributed by atoms with Gasteiger partial charge in [0, 0.05) is 45.1 Å². The van der Waals surface area contributed by atoms with Crippen LogP contribution in [0.2, 0.25) is 0 Å². The first-order valence-electron chi connectivity index (χ1n) is 15.6. The van der Waals surface area contributed by atoms with E-state index >= 15 is 0 Å². The Morgan fingerprint density at radius 1 is 0.396 bits per heavy atom. The second kappa shape index (κ2) is 23.8. The first-order chi connectivity index (χ1) is 25.0. The highest BCUT2D eigenvalue weighted by Crippen LogP contribution is 2.45. The number of hydrogen-bond donors (Lipinski definition) is 14. The van der Waals surface area contributed by atoms with Crippen LogP contribution in [0.4, 0.5) is 11.4 Å². The highest BCUT2D eigenvalue weighted by atomic mass is 127. The van der Waals surface area contributed by atoms with Gasteiger partial charge < -0.3 is 71.9 Å². The number of amides is 2. The summed E-state index contributed by atoms with van der Waals surface area (Å²) in [4.78, 5) is 27.1. The minimum atomic E-state index is -1.44. The molecule has 300 valence electrons. The van der Waals surface area contributed by atoms with Gasteiger partial charge in [-0.1, -0.05) is 0 Å². The maximum absolute atomic E-state index is 13.6. The van der Waals surface area contributed by atoms with Crippen molar-refractivity contribution in [1.82, 2.24) is 0 Å². The summed E-state index contributed by atoms with van der Waals surface area (Å²) >= 11 is 11.3. The van der Waals surface area contributed by atoms with Gasteiger partial charge in [0.05, 0.1) is 88.6 Å². The molecule has 0 heterocycles. The molecule has 8 atom stereocenters. The fraction of sp³-hybridized carbons (Fsp3) is 0.548. The fourth-order valence-corrected chi connectivity index (χ4v) is 15.6. The lowest BCUT2D eigenvalue weighted by Gasteiger charge is -2.30. The highest BCUT2D eigenvalue weighted by Gasteiger charge is 2.36. The van der Waals surface area contributed by atoms with Crippen molar-refractivity contribution >= 4 is 159 Å². The number of aliphatic hydroxyl groups is 12. The van der Waals surface area contributed by atoms with E-state index in [1.165, 1.54) is 0 Å². The fourth-order valence-electron chi connectivity index (χ4n) is 5.57. The predicted molar refractivity (Wildman–Crippen MR) is 243 cm³/mol. The highest BCUT2D eigenvalue weighted by molar-refractivity contribution is 14.1. The Labute approximate surface area is 386 Å². The molecule has 0 fully saturated rings. The summed E-state index contributed by atoms with van der Waals surface area (Å²) in [6, 6.07) is 0. The van der Waals surface area contributed by atoms with Crippen LogP contribution in [0.15, 0.2) is 0 Å². The van der Waals surface area contributed by atoms with Gasteiger partial charge in [-0.25, -0.2) is 0 Å². The van der Waals surface area contributed by atoms with Crippen LogP contribution >= 0.6 is 136 Å². The molecule has 0 radical (unpaired) electrons. The quantitative estimate of drug-likeness (QED) is 0.0614. The van der Waals surface area contributed by atoms with Gasteiger partial charge in [0.2, 0.25) is 11.8 Å². The Kier molecular flexibility index (Phi) is 22.6. The van der Waals surface area contributed by atoms with Crippen LogP contribution in [0, 0.1) is 21.4 Å². The summed E-state index contributed by atoms with van der Waals surface area (Å²) in [7, 11) is 0. The smallest absolute Gasteiger partial charge is 0.233 e. The number of nitrogens with one attached hydrogen (secondary N) is 2. The third-order valence-electron chi connectivity index (χ3n) is 8.50. The monoisotopic (exact) mass is 1430 g/mol. The molecule has 0 aliphatic heterocycles. The molecule has 0 saturated heterocycles. The zero-order chi connectivity index (χ0) is 40.5. The van der Waals surface area contributed by atoms with Gasteiger partial charge in [0.15, 0.2) is 0 Å². The number of rotatable bonds is 20. The maximum atomic E-state index is 13.6. The van der Waals surface area contributed by atoms with E-state index in [-0.39, 0.29) is 33.6 Å². The number of halogens is 6. The van der Waals surface area contributed by atoms with Crippen LogP contribution in [0.5, 0.6) is 0 Å². The topological polar surface area (TPSA) is 301 Å². The minimum Gasteiger partial charge on any atom is -0.396 e. The maximum Gasteiger partial charge on any atom is 0.233 e. The molecule has 8 unspecified atom stereocenters. The van der Waals surface area contributed by atoms with E-state index in [1.54, 1.807) is 0 Å². The molecule has 16 nitrogen and oxygen atoms in total. The normalized spacial score (nSPS) is 16.3. The number of carbonyl (C=O) groups excluding carboxylic acids is 2. The zero-order valence-corrected chi connectivity index (χ0v) is 40.4. The molecule has 2 aromatic carbocycles. The lowest BCUT2D eigenvalue weighted by Crippen LogP contribution is -2.32. The Morgan fingerprint density at radius 2 is 0.604 bits per heavy atom. The van der Waals surface area contributed by atoms with E-state index in [0.717, 1.165) is 0 Å². The summed E-state index contributed by atoms with van der Waals surface area (Å²) in [5, 5.41) is 127. The van der Waals surface area contributed by atoms with Gasteiger partial charge in [-0.05, 0) is 158 Å². The van der Waals surface area contributed by atoms with E-state index in [9.17, 15) is 70.9 Å². The minimum absolute atomic E-state index is 0.108. The van der Waals surface area contributed by atoms with Crippen molar-refractivity contribution in [2.24, 2.45) is 0 Å². The number of carbonyl (C=O) groups is 2. The van der Waals surface area contributed by atoms with Crippen LogP contribution in [0.3, 0.4) is 0 Å². The van der Waals surface area contributed by atoms with E-state index < -0.39 is 119 Å². The third kappa shape index (κ3) is 11.7. The molecule has 22 heteroatoms. The van der Waals surface area contributed by atoms with Crippen molar-refractivity contribution in [3.05, 3.63) is 43.7 Å². The van der Waals surface area contributed by atoms with E-state index in [2.05, 4.69) is 10.6 Å². The summed E-state index contributed by atoms with van der Waals surface area (Å²) in [6.07, 6.45) is -6.56. The van der Waals surface area contributed by atoms with Gasteiger partial charge in [-0.15, -0.1) is 0 Å². The molecule has 2 rings (SSSR count). The molecule has 0 aliphatic carbocycles. The van der Waals surface area contributed by atoms with Gasteiger partial charge in [0.1, 0.15) is 6.42 Å². The average Bonchev–Trinajstić information content (AvgIpc) is 3.14. The van der Waals surface area contributed by atoms with Gasteiger partial charge in [-0.3, -0.25) is 9.59 Å². The van der Waals surface area contributed by atoms with Crippen LogP contribution in [0.25, 0.3) is 0 Å². The molecule has 0 aromatic heterocycles. The largest absolute Gasteiger partial charge is 0.396 e. The molecule has 0 bridgehead atoms. The number of aliphatic hydroxyl groups excluding tert-OH is 12. The Bertz CT molecular complexity index is 1390. The van der Waals surface area contributed by atoms with Crippen molar-refractivity contribution in [1.29, 1.82) is 0 Å². The van der Waals surface area contributed by atoms with E-state index in [1.807, 2.05) is 136 Å². The molecule has 0 saturated carbocycles. The molecule has 14 N–H and O–H groups in total. The lowest BCUT2D eigenvalue weighted by atomic mass is 9.87. The average molecular weight is 1430 g/mol. The number of anilines is 2. The standard InChI is InChI=1S/C31H40I6N2O14/c32-24-20(10(2-40)14(48)6-44)26(34)30(27(35)21(24)11(3-41)15(49)7-45)38-18(52)1-19(53)39-31-28(36)22(12(4-42)16(50)8-46)25(33)23(29(31)37)13(5-43)17(51)9-47/h10-17,40-51H,1-9H2,(H,38,52)(H,39,53). The van der Waals surface area contributed by atoms with Gasteiger partial charge in [-0.2, -0.15) is 0 Å². The summed E-state index contributed by atoms with van der Waals surface area (Å²) in [5.74, 6) is -5.99. The van der Waals surface area contributed by atoms with Crippen LogP contribution < -0.4 is 10.6 Å². The van der Waals surface area contributed by atoms with Crippen molar-refractivity contribution in [2.45, 2.75) is 54.5 Å². The molecule has 53 heavy (non-hydrogen) atoms. The van der Waals surface area contributed by atoms with E-state index in [4.69, 9.17) is 0 Å². The van der Waals surface area contributed by atoms with Crippen LogP contribution in [-0.2, 0) is 9.59 Å². The van der Waals surface area contributed by atoms with Gasteiger partial charge >= 0.3 is 0 Å². The second-order valence-corrected chi connectivity index (χ2v) is 18.2. The second-order valence-electron chi connectivity index (χ2n) is 11.7. The summed E-state index contributed by atoms with van der Waals surface area (Å²) in [6.45, 7) is -5.42. The third-order valence-corrected chi connectivity index (χ3v) is 15.3. The molecular formula is C31H40I6N2O14. The molecule has 2 aromatic rings. The van der Waals surface area contributed by atoms with E-state index in [0.29, 0.717) is 21.4 Å². The molecular weight excluding hydrogens is 1390 g/mol. The number of benzene rings is 2. The summed E-state index contributed by atoms with van der Waals surface area (Å²) in [5.41, 5.74) is 1.34. The molecule has 0 spiro atoms. The molecule has 0 aliphatic rings. The van der Waals surface area contributed by atoms with Crippen molar-refractivity contribution in [2.75, 3.05) is 63.5 Å². The zero-order valence-electron chi connectivity index (χ0n) is 27.4. The first kappa shape index (κ1) is 50.4. The van der Waals surface area contributed by atoms with Gasteiger partial charge in [0.25, 0.3) is 0 Å². The SMILES string of the molecule is O=C(CC(=O)Nc1c(I)c(C(CO)C(O)CO)c(I)c(C(CO)C(O)CO)c1I)Nc1c(I)c(C(CO)C(O)CO)c(I)c(C(CO)C(O)CO)c1I. The van der Waals surface area contributed by atoms with Crippen molar-refractivity contribution in [3.63, 3.8) is 0 Å². The Morgan fingerprint density at radius 3 is 0.774 bits per heavy atom. The Hall–Kier alpha value is 1.28. The Balaban J connectivity index is 2.72.